The Kier molecular flexibility index (Phi) is 4.10. The molecule has 1 aromatic rings. The van der Waals surface area contributed by atoms with Gasteiger partial charge in [-0.2, -0.15) is 0 Å². The van der Waals surface area contributed by atoms with Crippen LogP contribution >= 0.6 is 0 Å². The highest BCUT2D eigenvalue weighted by atomic mass is 16.5. The molecule has 0 unspecified atom stereocenters. The molecule has 2 nitrogen and oxygen atoms in total. The van der Waals surface area contributed by atoms with E-state index in [2.05, 4.69) is 31.0 Å². The lowest BCUT2D eigenvalue weighted by Crippen LogP contribution is -2.50. The smallest absolute Gasteiger partial charge is 0.130 e. The van der Waals surface area contributed by atoms with E-state index in [1.807, 2.05) is 0 Å². The third-order valence-electron chi connectivity index (χ3n) is 8.69. The molecule has 0 aromatic heterocycles. The van der Waals surface area contributed by atoms with Crippen LogP contribution in [0.4, 0.5) is 0 Å². The van der Waals surface area contributed by atoms with Crippen LogP contribution in [0.15, 0.2) is 18.2 Å². The minimum Gasteiger partial charge on any atom is -0.490 e. The van der Waals surface area contributed by atoms with Crippen molar-refractivity contribution in [2.75, 3.05) is 0 Å². The van der Waals surface area contributed by atoms with E-state index in [1.165, 1.54) is 37.7 Å². The van der Waals surface area contributed by atoms with Crippen LogP contribution in [0.25, 0.3) is 0 Å². The summed E-state index contributed by atoms with van der Waals surface area (Å²) in [5.74, 6) is 5.70. The van der Waals surface area contributed by atoms with E-state index in [-0.39, 0.29) is 5.41 Å². The maximum atomic E-state index is 11.1. The average Bonchev–Trinajstić information content (AvgIpc) is 3.28. The van der Waals surface area contributed by atoms with Gasteiger partial charge < -0.3 is 9.84 Å². The van der Waals surface area contributed by atoms with Gasteiger partial charge in [0.15, 0.2) is 0 Å². The molecule has 0 heterocycles. The summed E-state index contributed by atoms with van der Waals surface area (Å²) in [5.41, 5.74) is 2.04. The molecular formula is C25H32O2. The highest BCUT2D eigenvalue weighted by Crippen LogP contribution is 2.64. The molecule has 0 radical (unpaired) electrons. The first-order valence-electron chi connectivity index (χ1n) is 11.0. The number of ether oxygens (including phenoxy) is 1. The normalized spacial score (nSPS) is 40.7. The van der Waals surface area contributed by atoms with Gasteiger partial charge in [0.2, 0.25) is 0 Å². The fourth-order valence-corrected chi connectivity index (χ4v) is 7.08. The van der Waals surface area contributed by atoms with Gasteiger partial charge in [0.1, 0.15) is 11.4 Å². The highest BCUT2D eigenvalue weighted by molar-refractivity contribution is 5.41. The molecule has 144 valence electrons. The van der Waals surface area contributed by atoms with E-state index in [4.69, 9.17) is 11.2 Å². The van der Waals surface area contributed by atoms with E-state index >= 15 is 0 Å². The first-order valence-corrected chi connectivity index (χ1v) is 11.0. The summed E-state index contributed by atoms with van der Waals surface area (Å²) in [4.78, 5) is 0. The lowest BCUT2D eigenvalue weighted by Gasteiger charge is -2.52. The van der Waals surface area contributed by atoms with Crippen molar-refractivity contribution in [1.29, 1.82) is 0 Å². The van der Waals surface area contributed by atoms with Crippen molar-refractivity contribution in [1.82, 2.24) is 0 Å². The van der Waals surface area contributed by atoms with Crippen LogP contribution in [-0.2, 0) is 6.42 Å². The second-order valence-electron chi connectivity index (χ2n) is 9.80. The minimum atomic E-state index is -0.901. The van der Waals surface area contributed by atoms with Crippen LogP contribution in [0.3, 0.4) is 0 Å². The summed E-state index contributed by atoms with van der Waals surface area (Å²) in [6.07, 6.45) is 17.6. The molecule has 27 heavy (non-hydrogen) atoms. The third-order valence-corrected chi connectivity index (χ3v) is 8.69. The molecule has 5 rings (SSSR count). The number of benzene rings is 1. The SMILES string of the molecule is C#C[C@@]1(O)CC[C@H]2[C@@H]3CCc4cc(OC5CCCC5)ccc4[C@@H]3CC[C@]21C. The molecule has 1 N–H and O–H groups in total. The van der Waals surface area contributed by atoms with Gasteiger partial charge in [-0.25, -0.2) is 0 Å². The molecule has 3 saturated carbocycles. The molecule has 4 aliphatic rings. The lowest BCUT2D eigenvalue weighted by atomic mass is 9.53. The molecule has 0 aliphatic heterocycles. The molecular weight excluding hydrogens is 332 g/mol. The molecule has 0 bridgehead atoms. The third kappa shape index (κ3) is 2.58. The molecule has 4 aliphatic carbocycles. The first-order chi connectivity index (χ1) is 13.0. The number of terminal acetylenes is 1. The van der Waals surface area contributed by atoms with Crippen molar-refractivity contribution in [3.63, 3.8) is 0 Å². The molecule has 3 fully saturated rings. The van der Waals surface area contributed by atoms with Crippen molar-refractivity contribution in [3.05, 3.63) is 29.3 Å². The largest absolute Gasteiger partial charge is 0.490 e. The van der Waals surface area contributed by atoms with E-state index in [9.17, 15) is 5.11 Å². The Balaban J connectivity index is 1.40. The van der Waals surface area contributed by atoms with Crippen LogP contribution in [-0.4, -0.2) is 16.8 Å². The average molecular weight is 365 g/mol. The van der Waals surface area contributed by atoms with E-state index in [0.717, 1.165) is 37.9 Å². The highest BCUT2D eigenvalue weighted by Gasteiger charge is 2.61. The summed E-state index contributed by atoms with van der Waals surface area (Å²) in [5, 5.41) is 11.1. The molecule has 5 atom stereocenters. The second kappa shape index (κ2) is 6.28. The zero-order valence-electron chi connectivity index (χ0n) is 16.5. The van der Waals surface area contributed by atoms with Gasteiger partial charge in [-0.1, -0.05) is 18.9 Å². The number of fused-ring (bicyclic) bond motifs is 5. The quantitative estimate of drug-likeness (QED) is 0.728. The Morgan fingerprint density at radius 2 is 1.93 bits per heavy atom. The van der Waals surface area contributed by atoms with Crippen molar-refractivity contribution in [2.24, 2.45) is 17.3 Å². The van der Waals surface area contributed by atoms with Crippen LogP contribution < -0.4 is 4.74 Å². The fraction of sp³-hybridized carbons (Fsp3) is 0.680. The zero-order valence-corrected chi connectivity index (χ0v) is 16.5. The summed E-state index contributed by atoms with van der Waals surface area (Å²) in [6, 6.07) is 6.88. The van der Waals surface area contributed by atoms with E-state index in [0.29, 0.717) is 23.9 Å². The predicted molar refractivity (Wildman–Crippen MR) is 108 cm³/mol. The van der Waals surface area contributed by atoms with Gasteiger partial charge in [-0.15, -0.1) is 6.42 Å². The standard InChI is InChI=1S/C25H32O2/c1-3-25(26)15-13-23-22-10-8-17-16-19(27-18-6-4-5-7-18)9-11-20(17)21(22)12-14-24(23,25)2/h1,9,11,16,18,21-23,26H,4-8,10,12-15H2,2H3/t21-,22+,23-,24+,25+/m0/s1. The number of rotatable bonds is 2. The maximum Gasteiger partial charge on any atom is 0.130 e. The van der Waals surface area contributed by atoms with Crippen LogP contribution in [0, 0.1) is 29.6 Å². The van der Waals surface area contributed by atoms with Crippen LogP contribution in [0.2, 0.25) is 0 Å². The van der Waals surface area contributed by atoms with Gasteiger partial charge in [0, 0.05) is 5.41 Å². The van der Waals surface area contributed by atoms with Gasteiger partial charge in [-0.05, 0) is 105 Å². The molecule has 1 aromatic carbocycles. The molecule has 0 spiro atoms. The minimum absolute atomic E-state index is 0.105. The second-order valence-corrected chi connectivity index (χ2v) is 9.80. The van der Waals surface area contributed by atoms with Crippen LogP contribution in [0.5, 0.6) is 5.75 Å². The molecule has 2 heteroatoms. The monoisotopic (exact) mass is 364 g/mol. The van der Waals surface area contributed by atoms with Crippen molar-refractivity contribution >= 4 is 0 Å². The summed E-state index contributed by atoms with van der Waals surface area (Å²) < 4.78 is 6.25. The number of hydrogen-bond donors (Lipinski definition) is 1. The number of aliphatic hydroxyl groups is 1. The van der Waals surface area contributed by atoms with Gasteiger partial charge in [0.05, 0.1) is 6.10 Å². The Morgan fingerprint density at radius 3 is 2.70 bits per heavy atom. The zero-order chi connectivity index (χ0) is 18.6. The number of aryl methyl sites for hydroxylation is 1. The molecule has 0 saturated heterocycles. The Labute approximate surface area is 163 Å². The van der Waals surface area contributed by atoms with Gasteiger partial charge in [0.25, 0.3) is 0 Å². The van der Waals surface area contributed by atoms with Crippen molar-refractivity contribution in [2.45, 2.75) is 88.8 Å². The Morgan fingerprint density at radius 1 is 1.11 bits per heavy atom. The lowest BCUT2D eigenvalue weighted by molar-refractivity contribution is -0.0647. The number of hydrogen-bond acceptors (Lipinski definition) is 2. The van der Waals surface area contributed by atoms with E-state index < -0.39 is 5.60 Å². The Hall–Kier alpha value is -1.46. The predicted octanol–water partition coefficient (Wildman–Crippen LogP) is 5.23. The van der Waals surface area contributed by atoms with Crippen LogP contribution in [0.1, 0.15) is 81.8 Å². The summed E-state index contributed by atoms with van der Waals surface area (Å²) >= 11 is 0. The van der Waals surface area contributed by atoms with Crippen molar-refractivity contribution < 1.29 is 9.84 Å². The fourth-order valence-electron chi connectivity index (χ4n) is 7.08. The first kappa shape index (κ1) is 17.6. The van der Waals surface area contributed by atoms with Crippen molar-refractivity contribution in [3.8, 4) is 18.1 Å². The topological polar surface area (TPSA) is 29.5 Å². The van der Waals surface area contributed by atoms with Gasteiger partial charge in [-0.3, -0.25) is 0 Å². The maximum absolute atomic E-state index is 11.1. The van der Waals surface area contributed by atoms with Gasteiger partial charge >= 0.3 is 0 Å². The summed E-state index contributed by atoms with van der Waals surface area (Å²) in [7, 11) is 0. The van der Waals surface area contributed by atoms with E-state index in [1.54, 1.807) is 5.56 Å². The molecule has 0 amide bonds. The summed E-state index contributed by atoms with van der Waals surface area (Å²) in [6.45, 7) is 2.26. The Bertz CT molecular complexity index is 771.